The van der Waals surface area contributed by atoms with E-state index >= 15 is 0 Å². The lowest BCUT2D eigenvalue weighted by molar-refractivity contribution is 0.0951. The van der Waals surface area contributed by atoms with Crippen molar-refractivity contribution in [3.63, 3.8) is 0 Å². The highest BCUT2D eigenvalue weighted by molar-refractivity contribution is 5.94. The Bertz CT molecular complexity index is 888. The van der Waals surface area contributed by atoms with Crippen LogP contribution in [0, 0.1) is 5.82 Å². The first kappa shape index (κ1) is 25.1. The molecule has 3 N–H and O–H groups in total. The maximum Gasteiger partial charge on any atom is 0.251 e. The minimum absolute atomic E-state index is 0.0955. The predicted molar refractivity (Wildman–Crippen MR) is 127 cm³/mol. The SMILES string of the molecule is CCNC(=NCc1cccc(C(=O)NCCN(C)C)c1)NCC(C)Oc1ccccc1F. The van der Waals surface area contributed by atoms with Gasteiger partial charge in [-0.15, -0.1) is 0 Å². The number of benzene rings is 2. The highest BCUT2D eigenvalue weighted by Gasteiger charge is 2.09. The average molecular weight is 444 g/mol. The summed E-state index contributed by atoms with van der Waals surface area (Å²) in [5, 5.41) is 9.32. The Balaban J connectivity index is 1.92. The fourth-order valence-electron chi connectivity index (χ4n) is 2.86. The Hall–Kier alpha value is -3.13. The quantitative estimate of drug-likeness (QED) is 0.368. The standard InChI is InChI=1S/C24H34FN5O2/c1-5-26-24(28-16-18(2)32-22-12-7-6-11-21(22)25)29-17-19-9-8-10-20(15-19)23(31)27-13-14-30(3)4/h6-12,15,18H,5,13-14,16-17H2,1-4H3,(H,27,31)(H2,26,28,29). The van der Waals surface area contributed by atoms with E-state index in [2.05, 4.69) is 20.9 Å². The molecule has 0 bridgehead atoms. The number of likely N-dealkylation sites (N-methyl/N-ethyl adjacent to an activating group) is 1. The summed E-state index contributed by atoms with van der Waals surface area (Å²) in [7, 11) is 3.93. The number of carbonyl (C=O) groups is 1. The Labute approximate surface area is 190 Å². The fraction of sp³-hybridized carbons (Fsp3) is 0.417. The van der Waals surface area contributed by atoms with Crippen molar-refractivity contribution in [2.45, 2.75) is 26.5 Å². The second-order valence-electron chi connectivity index (χ2n) is 7.69. The van der Waals surface area contributed by atoms with Gasteiger partial charge in [0.2, 0.25) is 0 Å². The molecule has 8 heteroatoms. The van der Waals surface area contributed by atoms with Crippen molar-refractivity contribution in [1.29, 1.82) is 0 Å². The van der Waals surface area contributed by atoms with E-state index in [-0.39, 0.29) is 23.6 Å². The Morgan fingerprint density at radius 3 is 2.62 bits per heavy atom. The summed E-state index contributed by atoms with van der Waals surface area (Å²) in [5.74, 6) is 0.370. The molecule has 0 aliphatic heterocycles. The highest BCUT2D eigenvalue weighted by Crippen LogP contribution is 2.16. The third-order valence-electron chi connectivity index (χ3n) is 4.52. The molecule has 0 heterocycles. The number of halogens is 1. The van der Waals surface area contributed by atoms with Gasteiger partial charge in [-0.1, -0.05) is 24.3 Å². The Kier molecular flexibility index (Phi) is 10.5. The fourth-order valence-corrected chi connectivity index (χ4v) is 2.86. The number of carbonyl (C=O) groups excluding carboxylic acids is 1. The molecule has 0 aliphatic rings. The minimum atomic E-state index is -0.384. The topological polar surface area (TPSA) is 78.0 Å². The molecule has 32 heavy (non-hydrogen) atoms. The Morgan fingerprint density at radius 2 is 1.91 bits per heavy atom. The van der Waals surface area contributed by atoms with E-state index in [0.29, 0.717) is 37.7 Å². The first-order chi connectivity index (χ1) is 15.4. The van der Waals surface area contributed by atoms with Gasteiger partial charge in [-0.05, 0) is 57.8 Å². The molecule has 0 spiro atoms. The van der Waals surface area contributed by atoms with Crippen LogP contribution in [-0.4, -0.2) is 63.1 Å². The lowest BCUT2D eigenvalue weighted by atomic mass is 10.1. The molecule has 1 unspecified atom stereocenters. The van der Waals surface area contributed by atoms with Crippen molar-refractivity contribution in [2.24, 2.45) is 4.99 Å². The van der Waals surface area contributed by atoms with Gasteiger partial charge in [0.15, 0.2) is 17.5 Å². The lowest BCUT2D eigenvalue weighted by Crippen LogP contribution is -2.41. The van der Waals surface area contributed by atoms with Crippen LogP contribution in [0.1, 0.15) is 29.8 Å². The molecule has 174 valence electrons. The second kappa shape index (κ2) is 13.3. The van der Waals surface area contributed by atoms with E-state index in [1.807, 2.05) is 51.0 Å². The van der Waals surface area contributed by atoms with Crippen molar-refractivity contribution < 1.29 is 13.9 Å². The van der Waals surface area contributed by atoms with Gasteiger partial charge in [-0.25, -0.2) is 9.38 Å². The number of nitrogens with zero attached hydrogens (tertiary/aromatic N) is 2. The molecule has 0 radical (unpaired) electrons. The zero-order chi connectivity index (χ0) is 23.3. The second-order valence-corrected chi connectivity index (χ2v) is 7.69. The van der Waals surface area contributed by atoms with Crippen LogP contribution in [-0.2, 0) is 6.54 Å². The minimum Gasteiger partial charge on any atom is -0.486 e. The molecular weight excluding hydrogens is 409 g/mol. The molecule has 0 aliphatic carbocycles. The van der Waals surface area contributed by atoms with Gasteiger partial charge in [0, 0.05) is 25.2 Å². The smallest absolute Gasteiger partial charge is 0.251 e. The van der Waals surface area contributed by atoms with Gasteiger partial charge < -0.3 is 25.6 Å². The van der Waals surface area contributed by atoms with Crippen LogP contribution in [0.2, 0.25) is 0 Å². The molecule has 0 fully saturated rings. The molecule has 1 amide bonds. The molecule has 0 aromatic heterocycles. The van der Waals surface area contributed by atoms with Crippen LogP contribution in [0.4, 0.5) is 4.39 Å². The van der Waals surface area contributed by atoms with Crippen LogP contribution < -0.4 is 20.7 Å². The third kappa shape index (κ3) is 8.93. The molecule has 7 nitrogen and oxygen atoms in total. The number of nitrogens with one attached hydrogen (secondary N) is 3. The molecule has 2 aromatic carbocycles. The van der Waals surface area contributed by atoms with Crippen molar-refractivity contribution in [3.8, 4) is 5.75 Å². The zero-order valence-corrected chi connectivity index (χ0v) is 19.3. The van der Waals surface area contributed by atoms with E-state index in [4.69, 9.17) is 4.74 Å². The van der Waals surface area contributed by atoms with Gasteiger partial charge in [0.25, 0.3) is 5.91 Å². The van der Waals surface area contributed by atoms with Crippen molar-refractivity contribution in [3.05, 3.63) is 65.5 Å². The molecule has 0 saturated heterocycles. The average Bonchev–Trinajstić information content (AvgIpc) is 2.77. The number of rotatable bonds is 11. The molecule has 2 aromatic rings. The molecular formula is C24H34FN5O2. The summed E-state index contributed by atoms with van der Waals surface area (Å²) in [4.78, 5) is 18.9. The lowest BCUT2D eigenvalue weighted by Gasteiger charge is -2.18. The Morgan fingerprint density at radius 1 is 1.12 bits per heavy atom. The molecule has 1 atom stereocenters. The summed E-state index contributed by atoms with van der Waals surface area (Å²) < 4.78 is 19.4. The number of para-hydroxylation sites is 1. The maximum absolute atomic E-state index is 13.8. The van der Waals surface area contributed by atoms with Crippen LogP contribution in [0.25, 0.3) is 0 Å². The number of hydrogen-bond acceptors (Lipinski definition) is 4. The summed E-state index contributed by atoms with van der Waals surface area (Å²) in [5.41, 5.74) is 1.54. The monoisotopic (exact) mass is 443 g/mol. The van der Waals surface area contributed by atoms with Crippen molar-refractivity contribution in [2.75, 3.05) is 40.3 Å². The van der Waals surface area contributed by atoms with Crippen LogP contribution in [0.5, 0.6) is 5.75 Å². The van der Waals surface area contributed by atoms with Gasteiger partial charge in [0.1, 0.15) is 6.10 Å². The van der Waals surface area contributed by atoms with Gasteiger partial charge >= 0.3 is 0 Å². The summed E-state index contributed by atoms with van der Waals surface area (Å²) in [6.07, 6.45) is -0.259. The third-order valence-corrected chi connectivity index (χ3v) is 4.52. The first-order valence-electron chi connectivity index (χ1n) is 10.8. The van der Waals surface area contributed by atoms with Crippen LogP contribution >= 0.6 is 0 Å². The number of amides is 1. The van der Waals surface area contributed by atoms with Crippen LogP contribution in [0.15, 0.2) is 53.5 Å². The number of guanidine groups is 1. The van der Waals surface area contributed by atoms with Crippen molar-refractivity contribution >= 4 is 11.9 Å². The summed E-state index contributed by atoms with van der Waals surface area (Å²) in [6, 6.07) is 13.8. The van der Waals surface area contributed by atoms with Gasteiger partial charge in [0.05, 0.1) is 13.1 Å². The zero-order valence-electron chi connectivity index (χ0n) is 19.3. The van der Waals surface area contributed by atoms with Crippen molar-refractivity contribution in [1.82, 2.24) is 20.9 Å². The van der Waals surface area contributed by atoms with E-state index in [0.717, 1.165) is 12.1 Å². The number of ether oxygens (including phenoxy) is 1. The van der Waals surface area contributed by atoms with E-state index < -0.39 is 0 Å². The largest absolute Gasteiger partial charge is 0.486 e. The van der Waals surface area contributed by atoms with Crippen LogP contribution in [0.3, 0.4) is 0 Å². The summed E-state index contributed by atoms with van der Waals surface area (Å²) >= 11 is 0. The molecule has 0 saturated carbocycles. The van der Waals surface area contributed by atoms with Gasteiger partial charge in [-0.3, -0.25) is 4.79 Å². The first-order valence-corrected chi connectivity index (χ1v) is 10.8. The summed E-state index contributed by atoms with van der Waals surface area (Å²) in [6.45, 7) is 6.78. The van der Waals surface area contributed by atoms with E-state index in [1.165, 1.54) is 6.07 Å². The highest BCUT2D eigenvalue weighted by atomic mass is 19.1. The normalized spacial score (nSPS) is 12.4. The van der Waals surface area contributed by atoms with E-state index in [9.17, 15) is 9.18 Å². The number of hydrogen-bond donors (Lipinski definition) is 3. The molecule has 2 rings (SSSR count). The number of aliphatic imine (C=N–C) groups is 1. The van der Waals surface area contributed by atoms with Gasteiger partial charge in [-0.2, -0.15) is 0 Å². The predicted octanol–water partition coefficient (Wildman–Crippen LogP) is 2.64. The van der Waals surface area contributed by atoms with E-state index in [1.54, 1.807) is 24.3 Å². The maximum atomic E-state index is 13.8.